The number of ether oxygens (including phenoxy) is 1. The zero-order valence-corrected chi connectivity index (χ0v) is 25.2. The second-order valence-electron chi connectivity index (χ2n) is 12.5. The van der Waals surface area contributed by atoms with Crippen molar-refractivity contribution in [3.8, 4) is 5.75 Å². The molecule has 6 rings (SSSR count). The number of benzene rings is 1. The number of hydrogen-bond donors (Lipinski definition) is 4. The number of fused-ring (bicyclic) bond motifs is 1. The molecule has 2 amide bonds. The highest BCUT2D eigenvalue weighted by Crippen LogP contribution is 2.40. The number of hydrogen-bond acceptors (Lipinski definition) is 8. The zero-order valence-electron chi connectivity index (χ0n) is 25.2. The van der Waals surface area contributed by atoms with Gasteiger partial charge in [0.15, 0.2) is 0 Å². The fraction of sp³-hybridized carbons (Fsp3) is 0.594. The molecule has 0 radical (unpaired) electrons. The van der Waals surface area contributed by atoms with Gasteiger partial charge in [0, 0.05) is 74.7 Å². The molecule has 4 fully saturated rings. The van der Waals surface area contributed by atoms with Gasteiger partial charge in [0.25, 0.3) is 0 Å². The number of aryl methyl sites for hydroxylation is 1. The second kappa shape index (κ2) is 13.3. The Hall–Kier alpha value is -3.12. The Morgan fingerprint density at radius 3 is 2.74 bits per heavy atom. The first-order valence-corrected chi connectivity index (χ1v) is 15.7. The average Bonchev–Trinajstić information content (AvgIpc) is 3.46. The van der Waals surface area contributed by atoms with E-state index in [1.165, 1.54) is 18.7 Å². The standard InChI is InChI=1S/C32H44FN7O3/c1-20-16-21(10-11-35-20)30-24-17-22(6-8-27(24)37-38-30)31(41)36-23-7-9-28(32(42)39-14-12-34-13-15-39)40(18-23)19-25-26(33)4-3-5-29(25)43-2/h3-5,10-11,16,22-24,27-28,30,34,37-38H,6-9,12-15,17-19H2,1-2H3,(H,36,41)/t22?,23-,24?,27?,28+,30?/m1/s1. The van der Waals surface area contributed by atoms with Crippen LogP contribution in [0.5, 0.6) is 5.75 Å². The molecule has 232 valence electrons. The summed E-state index contributed by atoms with van der Waals surface area (Å²) in [6.45, 7) is 5.59. The number of nitrogens with zero attached hydrogens (tertiary/aromatic N) is 3. The Morgan fingerprint density at radius 2 is 1.95 bits per heavy atom. The van der Waals surface area contributed by atoms with Crippen molar-refractivity contribution >= 4 is 11.8 Å². The van der Waals surface area contributed by atoms with E-state index >= 15 is 4.39 Å². The molecule has 2 aromatic rings. The van der Waals surface area contributed by atoms with E-state index in [0.717, 1.165) is 38.0 Å². The third-order valence-electron chi connectivity index (χ3n) is 9.80. The maximum absolute atomic E-state index is 15.0. The first-order valence-electron chi connectivity index (χ1n) is 15.7. The van der Waals surface area contributed by atoms with Gasteiger partial charge in [-0.05, 0) is 74.8 Å². The lowest BCUT2D eigenvalue weighted by atomic mass is 9.74. The quantitative estimate of drug-likeness (QED) is 0.386. The minimum atomic E-state index is -0.369. The van der Waals surface area contributed by atoms with Crippen molar-refractivity contribution in [2.45, 2.75) is 69.7 Å². The number of carbonyl (C=O) groups is 2. The van der Waals surface area contributed by atoms with Crippen molar-refractivity contribution in [1.29, 1.82) is 0 Å². The van der Waals surface area contributed by atoms with Gasteiger partial charge in [0.2, 0.25) is 11.8 Å². The Balaban J connectivity index is 1.14. The van der Waals surface area contributed by atoms with Crippen molar-refractivity contribution in [2.75, 3.05) is 39.8 Å². The van der Waals surface area contributed by atoms with E-state index in [1.807, 2.05) is 22.9 Å². The van der Waals surface area contributed by atoms with E-state index in [-0.39, 0.29) is 48.2 Å². The summed E-state index contributed by atoms with van der Waals surface area (Å²) < 4.78 is 20.5. The minimum Gasteiger partial charge on any atom is -0.496 e. The molecule has 3 aliphatic heterocycles. The molecule has 1 aliphatic carbocycles. The lowest BCUT2D eigenvalue weighted by molar-refractivity contribution is -0.139. The summed E-state index contributed by atoms with van der Waals surface area (Å²) in [7, 11) is 1.53. The number of carbonyl (C=O) groups excluding carboxylic acids is 2. The number of methoxy groups -OCH3 is 1. The number of pyridine rings is 1. The van der Waals surface area contributed by atoms with Crippen molar-refractivity contribution in [1.82, 2.24) is 36.3 Å². The topological polar surface area (TPSA) is 111 Å². The van der Waals surface area contributed by atoms with Crippen LogP contribution in [0.2, 0.25) is 0 Å². The summed E-state index contributed by atoms with van der Waals surface area (Å²) in [6.07, 6.45) is 5.73. The number of rotatable bonds is 7. The molecular formula is C32H44FN7O3. The summed E-state index contributed by atoms with van der Waals surface area (Å²) in [6, 6.07) is 8.96. The van der Waals surface area contributed by atoms with Crippen LogP contribution < -0.4 is 26.2 Å². The Morgan fingerprint density at radius 1 is 1.12 bits per heavy atom. The lowest BCUT2D eigenvalue weighted by Crippen LogP contribution is -2.59. The first kappa shape index (κ1) is 29.9. The van der Waals surface area contributed by atoms with Crippen molar-refractivity contribution < 1.29 is 18.7 Å². The summed E-state index contributed by atoms with van der Waals surface area (Å²) in [4.78, 5) is 35.7. The van der Waals surface area contributed by atoms with Gasteiger partial charge in [-0.25, -0.2) is 9.82 Å². The maximum Gasteiger partial charge on any atom is 0.240 e. The molecule has 4 unspecified atom stereocenters. The van der Waals surface area contributed by atoms with Crippen molar-refractivity contribution in [3.63, 3.8) is 0 Å². The monoisotopic (exact) mass is 593 g/mol. The van der Waals surface area contributed by atoms with E-state index < -0.39 is 0 Å². The third kappa shape index (κ3) is 6.55. The minimum absolute atomic E-state index is 0.0753. The van der Waals surface area contributed by atoms with Crippen LogP contribution in [0.25, 0.3) is 0 Å². The molecule has 4 heterocycles. The lowest BCUT2D eigenvalue weighted by Gasteiger charge is -2.42. The molecular weight excluding hydrogens is 549 g/mol. The molecule has 4 N–H and O–H groups in total. The molecule has 43 heavy (non-hydrogen) atoms. The van der Waals surface area contributed by atoms with Crippen LogP contribution in [0.1, 0.15) is 55.0 Å². The van der Waals surface area contributed by atoms with Crippen LogP contribution in [-0.4, -0.2) is 84.6 Å². The number of likely N-dealkylation sites (tertiary alicyclic amines) is 1. The number of piperidine rings is 1. The maximum atomic E-state index is 15.0. The highest BCUT2D eigenvalue weighted by molar-refractivity contribution is 5.82. The number of hydrazine groups is 1. The van der Waals surface area contributed by atoms with Gasteiger partial charge in [0.1, 0.15) is 11.6 Å². The fourth-order valence-electron chi connectivity index (χ4n) is 7.50. The Labute approximate surface area is 253 Å². The molecule has 1 aromatic heterocycles. The summed E-state index contributed by atoms with van der Waals surface area (Å²) in [5.74, 6) is 0.508. The van der Waals surface area contributed by atoms with E-state index in [2.05, 4.69) is 38.6 Å². The zero-order chi connectivity index (χ0) is 29.9. The predicted molar refractivity (Wildman–Crippen MR) is 160 cm³/mol. The molecule has 1 aromatic carbocycles. The van der Waals surface area contributed by atoms with Crippen LogP contribution >= 0.6 is 0 Å². The summed E-state index contributed by atoms with van der Waals surface area (Å²) in [5, 5.41) is 6.64. The molecule has 0 spiro atoms. The number of halogens is 1. The highest BCUT2D eigenvalue weighted by atomic mass is 19.1. The van der Waals surface area contributed by atoms with Crippen LogP contribution in [0, 0.1) is 24.6 Å². The van der Waals surface area contributed by atoms with Gasteiger partial charge in [-0.15, -0.1) is 0 Å². The van der Waals surface area contributed by atoms with Crippen molar-refractivity contribution in [2.24, 2.45) is 11.8 Å². The average molecular weight is 594 g/mol. The van der Waals surface area contributed by atoms with Gasteiger partial charge in [0.05, 0.1) is 19.2 Å². The molecule has 10 nitrogen and oxygen atoms in total. The highest BCUT2D eigenvalue weighted by Gasteiger charge is 2.44. The van der Waals surface area contributed by atoms with Crippen molar-refractivity contribution in [3.05, 3.63) is 59.2 Å². The molecule has 11 heteroatoms. The molecule has 3 saturated heterocycles. The van der Waals surface area contributed by atoms with Gasteiger partial charge in [-0.2, -0.15) is 0 Å². The Kier molecular flexibility index (Phi) is 9.22. The molecule has 6 atom stereocenters. The van der Waals surface area contributed by atoms with Crippen LogP contribution in [0.3, 0.4) is 0 Å². The predicted octanol–water partition coefficient (Wildman–Crippen LogP) is 2.05. The van der Waals surface area contributed by atoms with Gasteiger partial charge in [-0.3, -0.25) is 24.9 Å². The summed E-state index contributed by atoms with van der Waals surface area (Å²) >= 11 is 0. The number of amides is 2. The van der Waals surface area contributed by atoms with Crippen LogP contribution in [-0.2, 0) is 16.1 Å². The number of piperazine rings is 1. The fourth-order valence-corrected chi connectivity index (χ4v) is 7.50. The van der Waals surface area contributed by atoms with Crippen LogP contribution in [0.15, 0.2) is 36.5 Å². The SMILES string of the molecule is COc1cccc(F)c1CN1C[C@H](NC(=O)C2CCC3NNC(c4ccnc(C)c4)C3C2)CC[C@H]1C(=O)N1CCNCC1. The van der Waals surface area contributed by atoms with E-state index in [4.69, 9.17) is 4.74 Å². The van der Waals surface area contributed by atoms with Gasteiger partial charge in [-0.1, -0.05) is 6.07 Å². The largest absolute Gasteiger partial charge is 0.496 e. The van der Waals surface area contributed by atoms with E-state index in [1.54, 1.807) is 12.1 Å². The second-order valence-corrected chi connectivity index (χ2v) is 12.5. The van der Waals surface area contributed by atoms with E-state index in [0.29, 0.717) is 55.7 Å². The Bertz CT molecular complexity index is 1310. The normalized spacial score (nSPS) is 29.6. The van der Waals surface area contributed by atoms with Gasteiger partial charge >= 0.3 is 0 Å². The number of nitrogens with one attached hydrogen (secondary N) is 4. The molecule has 1 saturated carbocycles. The number of aromatic nitrogens is 1. The molecule has 0 bridgehead atoms. The third-order valence-corrected chi connectivity index (χ3v) is 9.80. The van der Waals surface area contributed by atoms with E-state index in [9.17, 15) is 9.59 Å². The van der Waals surface area contributed by atoms with Crippen LogP contribution in [0.4, 0.5) is 4.39 Å². The smallest absolute Gasteiger partial charge is 0.240 e. The van der Waals surface area contributed by atoms with Gasteiger partial charge < -0.3 is 20.3 Å². The first-order chi connectivity index (χ1) is 20.9. The molecule has 4 aliphatic rings. The summed E-state index contributed by atoms with van der Waals surface area (Å²) in [5.41, 5.74) is 9.55.